The number of fused-ring (bicyclic) bond motifs is 2. The fraction of sp³-hybridized carbons (Fsp3) is 0.174. The summed E-state index contributed by atoms with van der Waals surface area (Å²) >= 11 is 1.98. The highest BCUT2D eigenvalue weighted by molar-refractivity contribution is 8.05. The quantitative estimate of drug-likeness (QED) is 0.204. The van der Waals surface area contributed by atoms with Crippen LogP contribution in [0, 0.1) is 0 Å². The van der Waals surface area contributed by atoms with Gasteiger partial charge in [0.2, 0.25) is 5.52 Å². The van der Waals surface area contributed by atoms with Crippen LogP contribution < -0.4 is 8.28 Å². The highest BCUT2D eigenvalue weighted by atomic mass is 32.2. The van der Waals surface area contributed by atoms with Gasteiger partial charge in [0.05, 0.1) is 16.3 Å². The normalized spacial score (nSPS) is 15.9. The molecule has 0 saturated heterocycles. The topological polar surface area (TPSA) is 116 Å². The Kier molecular flexibility index (Phi) is 7.80. The van der Waals surface area contributed by atoms with Crippen LogP contribution in [0.1, 0.15) is 29.5 Å². The molecule has 1 aromatic heterocycles. The number of thioether (sulfide) groups is 1. The van der Waals surface area contributed by atoms with E-state index in [1.54, 1.807) is 12.1 Å². The molecule has 15 heteroatoms. The van der Waals surface area contributed by atoms with E-state index in [0.29, 0.717) is 20.6 Å². The van der Waals surface area contributed by atoms with Crippen molar-refractivity contribution in [3.63, 3.8) is 0 Å². The van der Waals surface area contributed by atoms with Crippen molar-refractivity contribution in [1.82, 2.24) is 0 Å². The Bertz CT molecular complexity index is 1710. The lowest BCUT2D eigenvalue weighted by atomic mass is 10.1. The van der Waals surface area contributed by atoms with Gasteiger partial charge in [0.25, 0.3) is 5.01 Å². The Morgan fingerprint density at radius 2 is 1.76 bits per heavy atom. The maximum absolute atomic E-state index is 13.1. The molecule has 0 bridgehead atoms. The molecule has 38 heavy (non-hydrogen) atoms. The Morgan fingerprint density at radius 1 is 1.03 bits per heavy atom. The molecule has 1 aliphatic heterocycles. The highest BCUT2D eigenvalue weighted by Gasteiger charge is 2.36. The van der Waals surface area contributed by atoms with E-state index >= 15 is 0 Å². The van der Waals surface area contributed by atoms with Crippen LogP contribution in [0.2, 0.25) is 0 Å². The number of allylic oxidation sites excluding steroid dienone is 4. The van der Waals surface area contributed by atoms with Gasteiger partial charge in [-0.05, 0) is 46.3 Å². The van der Waals surface area contributed by atoms with Crippen LogP contribution >= 0.6 is 23.1 Å². The van der Waals surface area contributed by atoms with Crippen molar-refractivity contribution < 1.29 is 43.1 Å². The first-order valence-electron chi connectivity index (χ1n) is 10.9. The van der Waals surface area contributed by atoms with Crippen LogP contribution in [-0.4, -0.2) is 25.9 Å². The lowest BCUT2D eigenvalue weighted by Crippen LogP contribution is -2.43. The molecule has 0 aliphatic carbocycles. The van der Waals surface area contributed by atoms with Crippen LogP contribution in [0.15, 0.2) is 70.6 Å². The lowest BCUT2D eigenvalue weighted by molar-refractivity contribution is -0.486. The fourth-order valence-corrected chi connectivity index (χ4v) is 7.92. The van der Waals surface area contributed by atoms with Gasteiger partial charge in [0, 0.05) is 17.0 Å². The molecule has 0 unspecified atom stereocenters. The number of nitrogens with zero attached hydrogens (tertiary/aromatic N) is 2. The van der Waals surface area contributed by atoms with Gasteiger partial charge in [0.15, 0.2) is 0 Å². The molecule has 2 heterocycles. The number of aromatic nitrogens is 1. The number of halogens is 3. The van der Waals surface area contributed by atoms with E-state index in [1.165, 1.54) is 30.4 Å². The predicted molar refractivity (Wildman–Crippen MR) is 141 cm³/mol. The summed E-state index contributed by atoms with van der Waals surface area (Å²) in [6.45, 7) is 1.99. The van der Waals surface area contributed by atoms with Crippen LogP contribution in [0.5, 0.6) is 0 Å². The van der Waals surface area contributed by atoms with Crippen molar-refractivity contribution >= 4 is 65.7 Å². The Morgan fingerprint density at radius 3 is 2.39 bits per heavy atom. The standard InChI is InChI=1S/C23H19F3N2O6S4/c1-2-6-15-9-11-19-17(13-15)27(37(29,30)31)21(35-19)7-4-3-5-8-22-28(38(32,33)34)18-14-16(23(24,25)26)10-12-20(18)36-22/h3-5,7-14H,2,6H2,1H3,(H-,29,30,31,32,33,34)/p+1. The number of hydrogen-bond donors (Lipinski definition) is 2. The second-order valence-corrected chi connectivity index (χ2v) is 12.7. The number of rotatable bonds is 7. The number of thiazole rings is 1. The smallest absolute Gasteiger partial charge is 0.269 e. The van der Waals surface area contributed by atoms with Gasteiger partial charge in [-0.25, -0.2) is 8.86 Å². The first-order chi connectivity index (χ1) is 17.7. The molecule has 0 amide bonds. The van der Waals surface area contributed by atoms with Gasteiger partial charge >= 0.3 is 26.8 Å². The monoisotopic (exact) mass is 605 g/mol. The third-order valence-corrected chi connectivity index (χ3v) is 9.40. The van der Waals surface area contributed by atoms with Gasteiger partial charge in [0.1, 0.15) is 4.70 Å². The zero-order valence-electron chi connectivity index (χ0n) is 19.5. The maximum Gasteiger partial charge on any atom is 0.513 e. The summed E-state index contributed by atoms with van der Waals surface area (Å²) in [5.41, 5.74) is -0.152. The molecule has 4 rings (SSSR count). The SMILES string of the molecule is CCCc1ccc2c(c1)N(S(=O)(=O)O)C(=CC=CC=Cc1sc3ccc(C(F)(F)F)cc3[n+]1S(=O)(=O)O)S2. The molecule has 0 fully saturated rings. The zero-order chi connectivity index (χ0) is 27.9. The minimum absolute atomic E-state index is 0.0650. The Labute approximate surface area is 225 Å². The lowest BCUT2D eigenvalue weighted by Gasteiger charge is -2.16. The fourth-order valence-electron chi connectivity index (χ4n) is 3.76. The predicted octanol–water partition coefficient (Wildman–Crippen LogP) is 5.64. The summed E-state index contributed by atoms with van der Waals surface area (Å²) in [6, 6.07) is 7.93. The Balaban J connectivity index is 1.65. The maximum atomic E-state index is 13.1. The molecular formula is C23H20F3N2O6S4+. The molecule has 0 radical (unpaired) electrons. The van der Waals surface area contributed by atoms with Crippen molar-refractivity contribution in [3.8, 4) is 0 Å². The van der Waals surface area contributed by atoms with Gasteiger partial charge in [-0.3, -0.25) is 4.55 Å². The largest absolute Gasteiger partial charge is 0.513 e. The van der Waals surface area contributed by atoms with Crippen LogP contribution in [0.4, 0.5) is 18.9 Å². The van der Waals surface area contributed by atoms with Crippen LogP contribution in [-0.2, 0) is 33.2 Å². The van der Waals surface area contributed by atoms with E-state index in [-0.39, 0.29) is 20.3 Å². The number of hydrogen-bond acceptors (Lipinski definition) is 6. The first-order valence-corrected chi connectivity index (χ1v) is 15.3. The van der Waals surface area contributed by atoms with Crippen molar-refractivity contribution in [2.45, 2.75) is 30.8 Å². The second-order valence-electron chi connectivity index (χ2n) is 8.01. The second kappa shape index (κ2) is 10.5. The zero-order valence-corrected chi connectivity index (χ0v) is 22.7. The molecule has 3 aromatic rings. The van der Waals surface area contributed by atoms with Gasteiger partial charge < -0.3 is 0 Å². The molecule has 1 aliphatic rings. The molecule has 0 spiro atoms. The van der Waals surface area contributed by atoms with Gasteiger partial charge in [-0.1, -0.05) is 60.7 Å². The van der Waals surface area contributed by atoms with Crippen LogP contribution in [0.3, 0.4) is 0 Å². The summed E-state index contributed by atoms with van der Waals surface area (Å²) in [7, 11) is -9.55. The molecule has 202 valence electrons. The van der Waals surface area contributed by atoms with Crippen molar-refractivity contribution in [1.29, 1.82) is 0 Å². The number of alkyl halides is 3. The molecular weight excluding hydrogens is 586 g/mol. The van der Waals surface area contributed by atoms with Crippen molar-refractivity contribution in [2.24, 2.45) is 0 Å². The first kappa shape index (κ1) is 28.3. The minimum atomic E-state index is -4.93. The number of anilines is 1. The van der Waals surface area contributed by atoms with E-state index in [9.17, 15) is 39.1 Å². The molecule has 0 atom stereocenters. The summed E-state index contributed by atoms with van der Waals surface area (Å²) in [5.74, 6) is 0. The summed E-state index contributed by atoms with van der Waals surface area (Å²) in [5, 5.41) is 0.139. The van der Waals surface area contributed by atoms with Gasteiger partial charge in [-0.15, -0.1) is 8.42 Å². The molecule has 0 saturated carbocycles. The number of benzene rings is 2. The Hall–Kier alpha value is -2.69. The average molecular weight is 606 g/mol. The third-order valence-electron chi connectivity index (χ3n) is 5.28. The molecule has 8 nitrogen and oxygen atoms in total. The third kappa shape index (κ3) is 5.97. The van der Waals surface area contributed by atoms with E-state index < -0.39 is 32.3 Å². The minimum Gasteiger partial charge on any atom is -0.269 e. The van der Waals surface area contributed by atoms with E-state index in [0.717, 1.165) is 57.9 Å². The summed E-state index contributed by atoms with van der Waals surface area (Å²) < 4.78 is 108. The number of aryl methyl sites for hydroxylation is 1. The molecule has 2 N–H and O–H groups in total. The van der Waals surface area contributed by atoms with Crippen molar-refractivity contribution in [2.75, 3.05) is 4.31 Å². The van der Waals surface area contributed by atoms with E-state index in [4.69, 9.17) is 0 Å². The van der Waals surface area contributed by atoms with E-state index in [2.05, 4.69) is 0 Å². The summed E-state index contributed by atoms with van der Waals surface area (Å²) in [6.07, 6.45) is 3.84. The van der Waals surface area contributed by atoms with Gasteiger partial charge in [-0.2, -0.15) is 21.6 Å². The van der Waals surface area contributed by atoms with Crippen molar-refractivity contribution in [3.05, 3.63) is 81.9 Å². The average Bonchev–Trinajstić information content (AvgIpc) is 3.35. The van der Waals surface area contributed by atoms with Crippen LogP contribution in [0.25, 0.3) is 16.3 Å². The summed E-state index contributed by atoms with van der Waals surface area (Å²) in [4.78, 5) is 0.635. The highest BCUT2D eigenvalue weighted by Crippen LogP contribution is 2.47. The molecule has 2 aromatic carbocycles. The van der Waals surface area contributed by atoms with E-state index in [1.807, 2.05) is 13.0 Å².